The molecule has 2 heterocycles. The van der Waals surface area contributed by atoms with Crippen LogP contribution in [-0.2, 0) is 4.79 Å². The number of ketones is 1. The van der Waals surface area contributed by atoms with Crippen molar-refractivity contribution in [2.45, 2.75) is 25.3 Å². The number of rotatable bonds is 3. The van der Waals surface area contributed by atoms with Crippen molar-refractivity contribution in [1.82, 2.24) is 4.57 Å². The Morgan fingerprint density at radius 1 is 1.07 bits per heavy atom. The van der Waals surface area contributed by atoms with Crippen LogP contribution < -0.4 is 19.6 Å². The number of nitrogens with zero attached hydrogens (tertiary/aromatic N) is 2. The molecule has 2 aromatic carbocycles. The number of benzene rings is 2. The molecule has 0 saturated heterocycles. The monoisotopic (exact) mass is 416 g/mol. The predicted octanol–water partition coefficient (Wildman–Crippen LogP) is 2.98. The molecule has 5 nitrogen and oxygen atoms in total. The van der Waals surface area contributed by atoms with E-state index < -0.39 is 6.04 Å². The van der Waals surface area contributed by atoms with E-state index in [1.54, 1.807) is 11.7 Å². The Balaban J connectivity index is 1.75. The molecular formula is C24H20N2O3S. The Hall–Kier alpha value is -3.25. The summed E-state index contributed by atoms with van der Waals surface area (Å²) in [6.45, 7) is 0. The van der Waals surface area contributed by atoms with E-state index in [0.717, 1.165) is 35.4 Å². The fourth-order valence-electron chi connectivity index (χ4n) is 4.11. The third-order valence-corrected chi connectivity index (χ3v) is 6.54. The van der Waals surface area contributed by atoms with E-state index >= 15 is 0 Å². The van der Waals surface area contributed by atoms with Crippen LogP contribution in [0.25, 0.3) is 6.08 Å². The normalized spacial score (nSPS) is 18.6. The molecule has 30 heavy (non-hydrogen) atoms. The summed E-state index contributed by atoms with van der Waals surface area (Å²) in [6.07, 6.45) is 3.95. The minimum atomic E-state index is -0.451. The molecule has 1 aromatic heterocycles. The van der Waals surface area contributed by atoms with Crippen LogP contribution in [-0.4, -0.2) is 17.5 Å². The van der Waals surface area contributed by atoms with Crippen LogP contribution in [0.2, 0.25) is 0 Å². The zero-order valence-electron chi connectivity index (χ0n) is 16.5. The molecule has 1 atom stereocenters. The number of carbonyl (C=O) groups excluding carboxylic acids is 1. The third kappa shape index (κ3) is 3.13. The van der Waals surface area contributed by atoms with Gasteiger partial charge in [-0.3, -0.25) is 14.2 Å². The second-order valence-electron chi connectivity index (χ2n) is 7.40. The van der Waals surface area contributed by atoms with Crippen LogP contribution in [0.1, 0.15) is 36.4 Å². The Morgan fingerprint density at radius 3 is 2.57 bits per heavy atom. The molecule has 3 aromatic rings. The molecule has 0 amide bonds. The minimum Gasteiger partial charge on any atom is -0.497 e. The number of Topliss-reactive ketones (excluding diaryl/α,β-unsaturated/α-hetero) is 1. The van der Waals surface area contributed by atoms with Crippen molar-refractivity contribution in [3.05, 3.63) is 96.7 Å². The van der Waals surface area contributed by atoms with Crippen molar-refractivity contribution in [1.29, 1.82) is 0 Å². The Bertz CT molecular complexity index is 1330. The van der Waals surface area contributed by atoms with Crippen LogP contribution >= 0.6 is 11.3 Å². The number of ether oxygens (including phenoxy) is 1. The number of hydrogen-bond donors (Lipinski definition) is 0. The van der Waals surface area contributed by atoms with Gasteiger partial charge in [0.25, 0.3) is 5.56 Å². The van der Waals surface area contributed by atoms with Crippen molar-refractivity contribution in [2.75, 3.05) is 7.11 Å². The summed E-state index contributed by atoms with van der Waals surface area (Å²) in [5.41, 5.74) is 3.21. The van der Waals surface area contributed by atoms with Crippen molar-refractivity contribution in [3.8, 4) is 5.75 Å². The van der Waals surface area contributed by atoms with Crippen molar-refractivity contribution >= 4 is 23.2 Å². The highest BCUT2D eigenvalue weighted by molar-refractivity contribution is 7.07. The van der Waals surface area contributed by atoms with Gasteiger partial charge >= 0.3 is 0 Å². The molecule has 1 aliphatic heterocycles. The highest BCUT2D eigenvalue weighted by atomic mass is 32.1. The number of aromatic nitrogens is 1. The van der Waals surface area contributed by atoms with Crippen molar-refractivity contribution < 1.29 is 9.53 Å². The lowest BCUT2D eigenvalue weighted by Gasteiger charge is -2.28. The molecule has 1 aliphatic carbocycles. The summed E-state index contributed by atoms with van der Waals surface area (Å²) in [5.74, 6) is 0.817. The lowest BCUT2D eigenvalue weighted by molar-refractivity contribution is -0.116. The number of carbonyl (C=O) groups is 1. The first-order valence-corrected chi connectivity index (χ1v) is 10.7. The molecule has 5 rings (SSSR count). The summed E-state index contributed by atoms with van der Waals surface area (Å²) in [4.78, 5) is 31.7. The fraction of sp³-hybridized carbons (Fsp3) is 0.208. The summed E-state index contributed by atoms with van der Waals surface area (Å²) in [7, 11) is 1.62. The Labute approximate surface area is 177 Å². The van der Waals surface area contributed by atoms with Gasteiger partial charge < -0.3 is 4.74 Å². The van der Waals surface area contributed by atoms with Gasteiger partial charge in [-0.25, -0.2) is 4.99 Å². The maximum atomic E-state index is 13.4. The first kappa shape index (κ1) is 18.8. The van der Waals surface area contributed by atoms with Crippen molar-refractivity contribution in [2.24, 2.45) is 4.99 Å². The van der Waals surface area contributed by atoms with Gasteiger partial charge in [0.2, 0.25) is 0 Å². The Kier molecular flexibility index (Phi) is 4.71. The smallest absolute Gasteiger partial charge is 0.271 e. The van der Waals surface area contributed by atoms with Crippen LogP contribution in [0.15, 0.2) is 75.7 Å². The van der Waals surface area contributed by atoms with Crippen LogP contribution in [0.5, 0.6) is 5.75 Å². The predicted molar refractivity (Wildman–Crippen MR) is 116 cm³/mol. The lowest BCUT2D eigenvalue weighted by atomic mass is 9.86. The van der Waals surface area contributed by atoms with Crippen molar-refractivity contribution in [3.63, 3.8) is 0 Å². The zero-order chi connectivity index (χ0) is 20.7. The summed E-state index contributed by atoms with van der Waals surface area (Å²) >= 11 is 1.38. The van der Waals surface area contributed by atoms with E-state index in [4.69, 9.17) is 9.73 Å². The van der Waals surface area contributed by atoms with E-state index in [9.17, 15) is 9.59 Å². The number of fused-ring (bicyclic) bond motifs is 1. The molecule has 2 aliphatic rings. The molecule has 0 spiro atoms. The number of allylic oxidation sites excluding steroid dienone is 2. The molecule has 1 unspecified atom stereocenters. The van der Waals surface area contributed by atoms with Gasteiger partial charge in [-0.05, 0) is 42.2 Å². The van der Waals surface area contributed by atoms with Gasteiger partial charge in [-0.2, -0.15) is 0 Å². The topological polar surface area (TPSA) is 60.7 Å². The largest absolute Gasteiger partial charge is 0.497 e. The van der Waals surface area contributed by atoms with Crippen LogP contribution in [0.4, 0.5) is 0 Å². The van der Waals surface area contributed by atoms with E-state index in [2.05, 4.69) is 0 Å². The van der Waals surface area contributed by atoms with Gasteiger partial charge in [0, 0.05) is 12.0 Å². The number of thiazole rings is 1. The maximum Gasteiger partial charge on any atom is 0.271 e. The molecule has 150 valence electrons. The second-order valence-corrected chi connectivity index (χ2v) is 8.41. The Morgan fingerprint density at radius 2 is 1.83 bits per heavy atom. The van der Waals surface area contributed by atoms with Gasteiger partial charge in [-0.15, -0.1) is 0 Å². The average molecular weight is 417 g/mol. The lowest BCUT2D eigenvalue weighted by Crippen LogP contribution is -2.40. The fourth-order valence-corrected chi connectivity index (χ4v) is 5.13. The van der Waals surface area contributed by atoms with E-state index in [-0.39, 0.29) is 11.3 Å². The van der Waals surface area contributed by atoms with Gasteiger partial charge in [-0.1, -0.05) is 53.8 Å². The zero-order valence-corrected chi connectivity index (χ0v) is 17.3. The minimum absolute atomic E-state index is 0.0816. The SMILES string of the molecule is COc1ccc(C2C3=C(CCCC3=O)N=c3sc(=Cc4ccccc4)c(=O)n32)cc1. The van der Waals surface area contributed by atoms with Gasteiger partial charge in [0.1, 0.15) is 5.75 Å². The molecule has 0 radical (unpaired) electrons. The van der Waals surface area contributed by atoms with Crippen LogP contribution in [0.3, 0.4) is 0 Å². The van der Waals surface area contributed by atoms with E-state index in [1.165, 1.54) is 11.3 Å². The average Bonchev–Trinajstić information content (AvgIpc) is 3.08. The van der Waals surface area contributed by atoms with Gasteiger partial charge in [0.15, 0.2) is 10.6 Å². The highest BCUT2D eigenvalue weighted by Gasteiger charge is 2.34. The summed E-state index contributed by atoms with van der Waals surface area (Å²) < 4.78 is 7.58. The molecule has 0 saturated carbocycles. The highest BCUT2D eigenvalue weighted by Crippen LogP contribution is 2.36. The summed E-state index contributed by atoms with van der Waals surface area (Å²) in [5, 5.41) is 0. The first-order valence-electron chi connectivity index (χ1n) is 9.93. The third-order valence-electron chi connectivity index (χ3n) is 5.56. The number of hydrogen-bond acceptors (Lipinski definition) is 5. The quantitative estimate of drug-likeness (QED) is 0.660. The standard InChI is InChI=1S/C24H20N2O3S/c1-29-17-12-10-16(11-13-17)22-21-18(8-5-9-19(21)27)25-24-26(22)23(28)20(30-24)14-15-6-3-2-4-7-15/h2-4,6-7,10-14,22H,5,8-9H2,1H3. The van der Waals surface area contributed by atoms with Crippen LogP contribution in [0, 0.1) is 0 Å². The van der Waals surface area contributed by atoms with E-state index in [0.29, 0.717) is 21.3 Å². The second kappa shape index (κ2) is 7.54. The van der Waals surface area contributed by atoms with Gasteiger partial charge in [0.05, 0.1) is 23.4 Å². The molecular weight excluding hydrogens is 396 g/mol. The molecule has 0 bridgehead atoms. The summed E-state index contributed by atoms with van der Waals surface area (Å²) in [6, 6.07) is 16.9. The maximum absolute atomic E-state index is 13.4. The van der Waals surface area contributed by atoms with E-state index in [1.807, 2.05) is 60.7 Å². The molecule has 0 N–H and O–H groups in total. The first-order chi connectivity index (χ1) is 14.7. The molecule has 0 fully saturated rings. The molecule has 6 heteroatoms. The number of methoxy groups -OCH3 is 1.